The zero-order valence-electron chi connectivity index (χ0n) is 10.8. The number of nitrogens with zero attached hydrogens (tertiary/aromatic N) is 2. The highest BCUT2D eigenvalue weighted by atomic mass is 19.1. The number of carbonyl (C=O) groups is 1. The fourth-order valence-corrected chi connectivity index (χ4v) is 2.41. The van der Waals surface area contributed by atoms with Gasteiger partial charge in [-0.3, -0.25) is 14.9 Å². The van der Waals surface area contributed by atoms with Crippen LogP contribution >= 0.6 is 0 Å². The summed E-state index contributed by atoms with van der Waals surface area (Å²) < 4.78 is 13.7. The van der Waals surface area contributed by atoms with Crippen LogP contribution in [0.5, 0.6) is 0 Å². The third-order valence-corrected chi connectivity index (χ3v) is 3.63. The molecule has 0 radical (unpaired) electrons. The highest BCUT2D eigenvalue weighted by Gasteiger charge is 2.26. The smallest absolute Gasteiger partial charge is 0.293 e. The second-order valence-electron chi connectivity index (χ2n) is 4.85. The molecule has 108 valence electrons. The molecule has 0 unspecified atom stereocenters. The first-order valence-electron chi connectivity index (χ1n) is 6.35. The van der Waals surface area contributed by atoms with Crippen molar-refractivity contribution in [3.8, 4) is 0 Å². The van der Waals surface area contributed by atoms with Gasteiger partial charge in [0.25, 0.3) is 5.69 Å². The number of piperidine rings is 1. The Morgan fingerprint density at radius 2 is 2.10 bits per heavy atom. The molecule has 1 N–H and O–H groups in total. The van der Waals surface area contributed by atoms with Crippen molar-refractivity contribution in [3.05, 3.63) is 33.6 Å². The van der Waals surface area contributed by atoms with Gasteiger partial charge in [-0.1, -0.05) is 0 Å². The lowest BCUT2D eigenvalue weighted by Crippen LogP contribution is -2.35. The van der Waals surface area contributed by atoms with Gasteiger partial charge < -0.3 is 10.0 Å². The van der Waals surface area contributed by atoms with Crippen molar-refractivity contribution >= 4 is 17.7 Å². The van der Waals surface area contributed by atoms with E-state index < -0.39 is 10.7 Å². The molecule has 7 heteroatoms. The molecule has 0 spiro atoms. The van der Waals surface area contributed by atoms with E-state index in [1.807, 2.05) is 0 Å². The molecule has 1 aliphatic rings. The molecule has 0 amide bonds. The molecule has 0 bridgehead atoms. The van der Waals surface area contributed by atoms with E-state index in [1.165, 1.54) is 0 Å². The average molecular weight is 282 g/mol. The molecule has 0 saturated carbocycles. The molecule has 0 atom stereocenters. The first-order chi connectivity index (χ1) is 9.56. The van der Waals surface area contributed by atoms with Crippen LogP contribution in [0.4, 0.5) is 15.8 Å². The number of aliphatic hydroxyl groups is 1. The maximum atomic E-state index is 13.7. The zero-order chi connectivity index (χ0) is 14.7. The number of aliphatic hydroxyl groups excluding tert-OH is 1. The van der Waals surface area contributed by atoms with Crippen molar-refractivity contribution in [2.24, 2.45) is 5.92 Å². The topological polar surface area (TPSA) is 83.7 Å². The molecule has 20 heavy (non-hydrogen) atoms. The van der Waals surface area contributed by atoms with Gasteiger partial charge >= 0.3 is 0 Å². The van der Waals surface area contributed by atoms with Gasteiger partial charge in [0.15, 0.2) is 6.29 Å². The molecule has 1 aromatic carbocycles. The van der Waals surface area contributed by atoms with Crippen molar-refractivity contribution in [2.45, 2.75) is 12.8 Å². The van der Waals surface area contributed by atoms with E-state index in [2.05, 4.69) is 0 Å². The number of carbonyl (C=O) groups excluding carboxylic acids is 1. The van der Waals surface area contributed by atoms with Crippen LogP contribution in [-0.4, -0.2) is 36.0 Å². The predicted octanol–water partition coefficient (Wildman–Crippen LogP) is 1.76. The molecule has 2 rings (SSSR count). The minimum Gasteiger partial charge on any atom is -0.396 e. The lowest BCUT2D eigenvalue weighted by molar-refractivity contribution is -0.384. The van der Waals surface area contributed by atoms with Gasteiger partial charge in [0.1, 0.15) is 11.5 Å². The Kier molecular flexibility index (Phi) is 4.29. The number of benzene rings is 1. The summed E-state index contributed by atoms with van der Waals surface area (Å²) in [5, 5.41) is 20.1. The first kappa shape index (κ1) is 14.4. The van der Waals surface area contributed by atoms with Gasteiger partial charge in [0, 0.05) is 31.8 Å². The first-order valence-corrected chi connectivity index (χ1v) is 6.35. The van der Waals surface area contributed by atoms with E-state index in [0.29, 0.717) is 25.9 Å². The van der Waals surface area contributed by atoms with E-state index in [0.717, 1.165) is 12.1 Å². The number of anilines is 1. The summed E-state index contributed by atoms with van der Waals surface area (Å²) in [5.41, 5.74) is -0.392. The summed E-state index contributed by atoms with van der Waals surface area (Å²) in [6.45, 7) is 1.13. The highest BCUT2D eigenvalue weighted by molar-refractivity contribution is 5.80. The fourth-order valence-electron chi connectivity index (χ4n) is 2.41. The predicted molar refractivity (Wildman–Crippen MR) is 70.5 cm³/mol. The Morgan fingerprint density at radius 3 is 2.60 bits per heavy atom. The number of hydrogen-bond acceptors (Lipinski definition) is 5. The highest BCUT2D eigenvalue weighted by Crippen LogP contribution is 2.33. The lowest BCUT2D eigenvalue weighted by Gasteiger charge is -2.32. The molecule has 1 aromatic rings. The average Bonchev–Trinajstić information content (AvgIpc) is 2.46. The maximum Gasteiger partial charge on any atom is 0.293 e. The molecular weight excluding hydrogens is 267 g/mol. The molecule has 0 aromatic heterocycles. The largest absolute Gasteiger partial charge is 0.396 e. The Labute approximate surface area is 115 Å². The summed E-state index contributed by atoms with van der Waals surface area (Å²) in [4.78, 5) is 22.8. The van der Waals surface area contributed by atoms with Gasteiger partial charge in [-0.05, 0) is 18.8 Å². The van der Waals surface area contributed by atoms with Gasteiger partial charge in [0.2, 0.25) is 0 Å². The number of nitro benzene ring substituents is 1. The Hall–Kier alpha value is -2.02. The quantitative estimate of drug-likeness (QED) is 0.517. The molecular formula is C13H15FN2O4. The summed E-state index contributed by atoms with van der Waals surface area (Å²) in [6.07, 6.45) is 1.67. The second kappa shape index (κ2) is 5.96. The normalized spacial score (nSPS) is 16.2. The molecule has 1 heterocycles. The van der Waals surface area contributed by atoms with Crippen LogP contribution in [-0.2, 0) is 0 Å². The SMILES string of the molecule is O=Cc1cc([N+](=O)[O-])c(N2CCC(CO)CC2)cc1F. The van der Waals surface area contributed by atoms with Crippen LogP contribution in [0.15, 0.2) is 12.1 Å². The van der Waals surface area contributed by atoms with E-state index in [-0.39, 0.29) is 35.7 Å². The molecule has 0 aliphatic carbocycles. The van der Waals surface area contributed by atoms with Crippen LogP contribution in [0.1, 0.15) is 23.2 Å². The molecule has 1 saturated heterocycles. The zero-order valence-corrected chi connectivity index (χ0v) is 10.8. The summed E-state index contributed by atoms with van der Waals surface area (Å²) >= 11 is 0. The van der Waals surface area contributed by atoms with Crippen LogP contribution < -0.4 is 4.90 Å². The van der Waals surface area contributed by atoms with Gasteiger partial charge in [0.05, 0.1) is 10.5 Å². The van der Waals surface area contributed by atoms with E-state index in [1.54, 1.807) is 4.90 Å². The van der Waals surface area contributed by atoms with Crippen LogP contribution in [0, 0.1) is 21.8 Å². The fraction of sp³-hybridized carbons (Fsp3) is 0.462. The monoisotopic (exact) mass is 282 g/mol. The number of halogens is 1. The summed E-state index contributed by atoms with van der Waals surface area (Å²) in [6, 6.07) is 2.01. The number of nitro groups is 1. The summed E-state index contributed by atoms with van der Waals surface area (Å²) in [5.74, 6) is -0.575. The Bertz CT molecular complexity index is 527. The van der Waals surface area contributed by atoms with Crippen molar-refractivity contribution in [1.29, 1.82) is 0 Å². The van der Waals surface area contributed by atoms with Gasteiger partial charge in [-0.15, -0.1) is 0 Å². The third-order valence-electron chi connectivity index (χ3n) is 3.63. The standard InChI is InChI=1S/C13H15FN2O4/c14-11-6-12(13(16(19)20)5-10(11)8-18)15-3-1-9(7-17)2-4-15/h5-6,8-9,17H,1-4,7H2. The van der Waals surface area contributed by atoms with Crippen LogP contribution in [0.25, 0.3) is 0 Å². The van der Waals surface area contributed by atoms with E-state index >= 15 is 0 Å². The van der Waals surface area contributed by atoms with Crippen molar-refractivity contribution in [2.75, 3.05) is 24.6 Å². The summed E-state index contributed by atoms with van der Waals surface area (Å²) in [7, 11) is 0. The molecule has 1 fully saturated rings. The minimum atomic E-state index is -0.759. The Morgan fingerprint density at radius 1 is 1.45 bits per heavy atom. The molecule has 1 aliphatic heterocycles. The van der Waals surface area contributed by atoms with E-state index in [9.17, 15) is 19.3 Å². The van der Waals surface area contributed by atoms with Gasteiger partial charge in [-0.2, -0.15) is 0 Å². The number of rotatable bonds is 4. The van der Waals surface area contributed by atoms with E-state index in [4.69, 9.17) is 5.11 Å². The molecule has 6 nitrogen and oxygen atoms in total. The van der Waals surface area contributed by atoms with Crippen molar-refractivity contribution < 1.29 is 19.2 Å². The van der Waals surface area contributed by atoms with Gasteiger partial charge in [-0.25, -0.2) is 4.39 Å². The lowest BCUT2D eigenvalue weighted by atomic mass is 9.97. The van der Waals surface area contributed by atoms with Crippen molar-refractivity contribution in [1.82, 2.24) is 0 Å². The van der Waals surface area contributed by atoms with Crippen LogP contribution in [0.3, 0.4) is 0 Å². The Balaban J connectivity index is 2.33. The number of aldehydes is 1. The second-order valence-corrected chi connectivity index (χ2v) is 4.85. The minimum absolute atomic E-state index is 0.0916. The third kappa shape index (κ3) is 2.77. The van der Waals surface area contributed by atoms with Crippen molar-refractivity contribution in [3.63, 3.8) is 0 Å². The van der Waals surface area contributed by atoms with Crippen LogP contribution in [0.2, 0.25) is 0 Å². The maximum absolute atomic E-state index is 13.7. The number of hydrogen-bond donors (Lipinski definition) is 1.